The molecule has 0 aliphatic carbocycles. The van der Waals surface area contributed by atoms with Gasteiger partial charge in [-0.1, -0.05) is 6.92 Å². The van der Waals surface area contributed by atoms with Gasteiger partial charge in [0.05, 0.1) is 13.1 Å². The summed E-state index contributed by atoms with van der Waals surface area (Å²) in [7, 11) is 2.16. The topological polar surface area (TPSA) is 24.7 Å². The number of nitrogens with one attached hydrogen (secondary N) is 1. The average Bonchev–Trinajstić information content (AvgIpc) is 1.82. The number of aliphatic hydroxyl groups excluding tert-OH is 1. The van der Waals surface area contributed by atoms with E-state index in [1.54, 1.807) is 0 Å². The standard InChI is InChI=1S/C8H17NO/c1-6-4-8(10)5-9(3)7(6)2/h6-8,10H,4-5H2,1-3H3/p+1/t6-,7+,8-/m0/s1. The molecular weight excluding hydrogens is 126 g/mol. The zero-order valence-electron chi connectivity index (χ0n) is 7.09. The van der Waals surface area contributed by atoms with Crippen LogP contribution in [0.4, 0.5) is 0 Å². The number of rotatable bonds is 0. The first-order chi connectivity index (χ1) is 4.61. The van der Waals surface area contributed by atoms with E-state index in [1.165, 1.54) is 4.90 Å². The number of hydrogen-bond donors (Lipinski definition) is 2. The van der Waals surface area contributed by atoms with Crippen LogP contribution in [0.5, 0.6) is 0 Å². The normalized spacial score (nSPS) is 49.2. The highest BCUT2D eigenvalue weighted by atomic mass is 16.3. The molecule has 2 N–H and O–H groups in total. The number of hydrogen-bond acceptors (Lipinski definition) is 1. The van der Waals surface area contributed by atoms with Crippen molar-refractivity contribution in [2.24, 2.45) is 5.92 Å². The molecule has 60 valence electrons. The number of likely N-dealkylation sites (tertiary alicyclic amines) is 1. The van der Waals surface area contributed by atoms with Gasteiger partial charge >= 0.3 is 0 Å². The van der Waals surface area contributed by atoms with Crippen molar-refractivity contribution >= 4 is 0 Å². The molecule has 2 heteroatoms. The molecule has 4 atom stereocenters. The molecule has 1 fully saturated rings. The van der Waals surface area contributed by atoms with Gasteiger partial charge in [0.2, 0.25) is 0 Å². The lowest BCUT2D eigenvalue weighted by atomic mass is 9.91. The SMILES string of the molecule is C[C@@H]1[C@@H](C)C[C@H](O)C[NH+]1C. The Hall–Kier alpha value is -0.0800. The van der Waals surface area contributed by atoms with E-state index in [1.807, 2.05) is 0 Å². The lowest BCUT2D eigenvalue weighted by molar-refractivity contribution is -0.917. The van der Waals surface area contributed by atoms with Gasteiger partial charge in [-0.2, -0.15) is 0 Å². The summed E-state index contributed by atoms with van der Waals surface area (Å²) < 4.78 is 0. The molecule has 1 unspecified atom stereocenters. The lowest BCUT2D eigenvalue weighted by Gasteiger charge is -2.34. The van der Waals surface area contributed by atoms with Crippen LogP contribution >= 0.6 is 0 Å². The monoisotopic (exact) mass is 144 g/mol. The fraction of sp³-hybridized carbons (Fsp3) is 1.00. The Morgan fingerprint density at radius 3 is 2.50 bits per heavy atom. The van der Waals surface area contributed by atoms with Gasteiger partial charge < -0.3 is 10.0 Å². The molecule has 1 aliphatic rings. The molecule has 1 saturated heterocycles. The number of piperidine rings is 1. The summed E-state index contributed by atoms with van der Waals surface area (Å²) in [5, 5.41) is 9.35. The summed E-state index contributed by atoms with van der Waals surface area (Å²) in [5.74, 6) is 0.670. The van der Waals surface area contributed by atoms with Gasteiger partial charge in [0.25, 0.3) is 0 Å². The van der Waals surface area contributed by atoms with E-state index in [9.17, 15) is 5.11 Å². The van der Waals surface area contributed by atoms with Crippen molar-refractivity contribution in [3.8, 4) is 0 Å². The van der Waals surface area contributed by atoms with Crippen molar-refractivity contribution in [2.75, 3.05) is 13.6 Å². The molecule has 0 saturated carbocycles. The Kier molecular flexibility index (Phi) is 2.32. The number of quaternary nitrogens is 1. The Balaban J connectivity index is 2.49. The first-order valence-electron chi connectivity index (χ1n) is 4.11. The molecule has 1 aliphatic heterocycles. The second kappa shape index (κ2) is 2.89. The maximum absolute atomic E-state index is 9.35. The van der Waals surface area contributed by atoms with E-state index < -0.39 is 0 Å². The first kappa shape index (κ1) is 8.02. The number of likely N-dealkylation sites (N-methyl/N-ethyl adjacent to an activating group) is 1. The van der Waals surface area contributed by atoms with Crippen molar-refractivity contribution in [1.29, 1.82) is 0 Å². The van der Waals surface area contributed by atoms with E-state index >= 15 is 0 Å². The largest absolute Gasteiger partial charge is 0.387 e. The summed E-state index contributed by atoms with van der Waals surface area (Å²) in [6.45, 7) is 5.40. The zero-order valence-corrected chi connectivity index (χ0v) is 7.09. The van der Waals surface area contributed by atoms with Gasteiger partial charge in [0, 0.05) is 5.92 Å². The fourth-order valence-electron chi connectivity index (χ4n) is 1.76. The Labute approximate surface area is 62.8 Å². The van der Waals surface area contributed by atoms with Gasteiger partial charge in [-0.3, -0.25) is 0 Å². The summed E-state index contributed by atoms with van der Waals surface area (Å²) in [6, 6.07) is 0.711. The summed E-state index contributed by atoms with van der Waals surface area (Å²) in [4.78, 5) is 1.46. The molecule has 1 rings (SSSR count). The Morgan fingerprint density at radius 2 is 2.00 bits per heavy atom. The second-order valence-electron chi connectivity index (χ2n) is 3.71. The minimum absolute atomic E-state index is 0.0637. The highest BCUT2D eigenvalue weighted by Crippen LogP contribution is 2.11. The van der Waals surface area contributed by atoms with Gasteiger partial charge in [0.15, 0.2) is 0 Å². The van der Waals surface area contributed by atoms with Crippen LogP contribution in [0.15, 0.2) is 0 Å². The minimum Gasteiger partial charge on any atom is -0.387 e. The predicted octanol–water partition coefficient (Wildman–Crippen LogP) is -0.710. The lowest BCUT2D eigenvalue weighted by Crippen LogP contribution is -3.15. The Morgan fingerprint density at radius 1 is 1.40 bits per heavy atom. The van der Waals surface area contributed by atoms with Crippen molar-refractivity contribution in [1.82, 2.24) is 0 Å². The van der Waals surface area contributed by atoms with Crippen LogP contribution in [-0.2, 0) is 0 Å². The predicted molar refractivity (Wildman–Crippen MR) is 41.0 cm³/mol. The summed E-state index contributed by atoms with van der Waals surface area (Å²) >= 11 is 0. The molecule has 0 radical (unpaired) electrons. The first-order valence-corrected chi connectivity index (χ1v) is 4.11. The van der Waals surface area contributed by atoms with Crippen LogP contribution in [-0.4, -0.2) is 30.8 Å². The highest BCUT2D eigenvalue weighted by Gasteiger charge is 2.30. The van der Waals surface area contributed by atoms with E-state index in [2.05, 4.69) is 20.9 Å². The summed E-state index contributed by atoms with van der Waals surface area (Å²) in [6.07, 6.45) is 0.921. The van der Waals surface area contributed by atoms with Crippen molar-refractivity contribution in [3.63, 3.8) is 0 Å². The maximum atomic E-state index is 9.35. The van der Waals surface area contributed by atoms with Crippen LogP contribution in [0.1, 0.15) is 20.3 Å². The number of aliphatic hydroxyl groups is 1. The van der Waals surface area contributed by atoms with Crippen LogP contribution in [0, 0.1) is 5.92 Å². The third-order valence-corrected chi connectivity index (χ3v) is 2.83. The molecule has 0 aromatic carbocycles. The molecule has 0 spiro atoms. The molecule has 1 heterocycles. The van der Waals surface area contributed by atoms with Gasteiger partial charge in [-0.15, -0.1) is 0 Å². The van der Waals surface area contributed by atoms with E-state index in [0.717, 1.165) is 13.0 Å². The van der Waals surface area contributed by atoms with Crippen LogP contribution < -0.4 is 4.90 Å². The summed E-state index contributed by atoms with van der Waals surface area (Å²) in [5.41, 5.74) is 0. The molecule has 0 aromatic rings. The van der Waals surface area contributed by atoms with Crippen molar-refractivity contribution in [3.05, 3.63) is 0 Å². The third kappa shape index (κ3) is 1.50. The third-order valence-electron chi connectivity index (χ3n) is 2.83. The van der Waals surface area contributed by atoms with Gasteiger partial charge in [-0.05, 0) is 13.3 Å². The zero-order chi connectivity index (χ0) is 7.72. The molecule has 2 nitrogen and oxygen atoms in total. The van der Waals surface area contributed by atoms with Crippen LogP contribution in [0.2, 0.25) is 0 Å². The Bertz CT molecular complexity index is 104. The van der Waals surface area contributed by atoms with Gasteiger partial charge in [0.1, 0.15) is 12.6 Å². The van der Waals surface area contributed by atoms with Crippen LogP contribution in [0.3, 0.4) is 0 Å². The van der Waals surface area contributed by atoms with E-state index in [4.69, 9.17) is 0 Å². The van der Waals surface area contributed by atoms with E-state index in [0.29, 0.717) is 12.0 Å². The van der Waals surface area contributed by atoms with Crippen molar-refractivity contribution < 1.29 is 10.0 Å². The molecule has 0 amide bonds. The smallest absolute Gasteiger partial charge is 0.103 e. The molecule has 0 aromatic heterocycles. The minimum atomic E-state index is -0.0637. The average molecular weight is 144 g/mol. The van der Waals surface area contributed by atoms with E-state index in [-0.39, 0.29) is 6.10 Å². The van der Waals surface area contributed by atoms with Gasteiger partial charge in [-0.25, -0.2) is 0 Å². The maximum Gasteiger partial charge on any atom is 0.103 e. The van der Waals surface area contributed by atoms with Crippen molar-refractivity contribution in [2.45, 2.75) is 32.4 Å². The van der Waals surface area contributed by atoms with Crippen LogP contribution in [0.25, 0.3) is 0 Å². The molecule has 0 bridgehead atoms. The quantitative estimate of drug-likeness (QED) is 0.461. The molecular formula is C8H18NO+. The second-order valence-corrected chi connectivity index (χ2v) is 3.71. The molecule has 10 heavy (non-hydrogen) atoms. The highest BCUT2D eigenvalue weighted by molar-refractivity contribution is 4.69. The fourth-order valence-corrected chi connectivity index (χ4v) is 1.76.